The minimum atomic E-state index is -0.310. The van der Waals surface area contributed by atoms with E-state index in [1.807, 2.05) is 0 Å². The van der Waals surface area contributed by atoms with Gasteiger partial charge < -0.3 is 4.74 Å². The molecule has 0 spiro atoms. The van der Waals surface area contributed by atoms with Gasteiger partial charge in [-0.25, -0.2) is 4.39 Å². The van der Waals surface area contributed by atoms with Crippen LogP contribution in [0.4, 0.5) is 4.39 Å². The van der Waals surface area contributed by atoms with Crippen molar-refractivity contribution in [3.05, 3.63) is 27.6 Å². The Morgan fingerprint density at radius 3 is 3.00 bits per heavy atom. The lowest BCUT2D eigenvalue weighted by Crippen LogP contribution is -2.03. The molecule has 0 atom stereocenters. The number of halogens is 2. The number of carbonyl (C=O) groups excluding carboxylic acids is 1. The van der Waals surface area contributed by atoms with Crippen LogP contribution in [0.1, 0.15) is 0 Å². The monoisotopic (exact) mass is 326 g/mol. The summed E-state index contributed by atoms with van der Waals surface area (Å²) in [5.41, 5.74) is 0. The molecule has 0 radical (unpaired) electrons. The lowest BCUT2D eigenvalue weighted by atomic mass is 10.3. The van der Waals surface area contributed by atoms with Crippen LogP contribution in [0.5, 0.6) is 0 Å². The van der Waals surface area contributed by atoms with E-state index < -0.39 is 0 Å². The van der Waals surface area contributed by atoms with Gasteiger partial charge in [-0.05, 0) is 40.8 Å². The van der Waals surface area contributed by atoms with Crippen molar-refractivity contribution in [3.8, 4) is 0 Å². The highest BCUT2D eigenvalue weighted by Gasteiger charge is 2.06. The summed E-state index contributed by atoms with van der Waals surface area (Å²) in [5.74, 6) is -0.400. The number of carbonyl (C=O) groups is 1. The van der Waals surface area contributed by atoms with Crippen LogP contribution in [0.3, 0.4) is 0 Å². The maximum Gasteiger partial charge on any atom is 0.315 e. The molecular formula is C9H8FIO2S. The van der Waals surface area contributed by atoms with Crippen molar-refractivity contribution in [1.82, 2.24) is 0 Å². The Bertz CT molecular complexity index is 344. The second-order valence-electron chi connectivity index (χ2n) is 2.44. The minimum Gasteiger partial charge on any atom is -0.468 e. The molecule has 0 aliphatic carbocycles. The third-order valence-electron chi connectivity index (χ3n) is 1.47. The third-order valence-corrected chi connectivity index (χ3v) is 3.80. The van der Waals surface area contributed by atoms with Crippen LogP contribution in [0.2, 0.25) is 0 Å². The van der Waals surface area contributed by atoms with Gasteiger partial charge in [0.05, 0.1) is 12.9 Å². The molecule has 14 heavy (non-hydrogen) atoms. The molecule has 1 aromatic carbocycles. The molecule has 0 saturated carbocycles. The van der Waals surface area contributed by atoms with E-state index in [-0.39, 0.29) is 17.5 Å². The first-order chi connectivity index (χ1) is 6.63. The third kappa shape index (κ3) is 3.45. The highest BCUT2D eigenvalue weighted by Crippen LogP contribution is 2.25. The Morgan fingerprint density at radius 2 is 2.36 bits per heavy atom. The molecule has 0 N–H and O–H groups in total. The number of hydrogen-bond donors (Lipinski definition) is 0. The summed E-state index contributed by atoms with van der Waals surface area (Å²) < 4.78 is 18.2. The number of thioether (sulfide) groups is 1. The fraction of sp³-hybridized carbons (Fsp3) is 0.222. The Labute approximate surface area is 99.4 Å². The van der Waals surface area contributed by atoms with Gasteiger partial charge in [-0.15, -0.1) is 11.8 Å². The van der Waals surface area contributed by atoms with E-state index in [2.05, 4.69) is 27.3 Å². The van der Waals surface area contributed by atoms with Crippen LogP contribution >= 0.6 is 34.4 Å². The van der Waals surface area contributed by atoms with Gasteiger partial charge in [0, 0.05) is 8.47 Å². The molecule has 0 aliphatic heterocycles. The summed E-state index contributed by atoms with van der Waals surface area (Å²) in [4.78, 5) is 11.6. The van der Waals surface area contributed by atoms with Gasteiger partial charge in [-0.1, -0.05) is 0 Å². The molecule has 0 saturated heterocycles. The zero-order valence-electron chi connectivity index (χ0n) is 7.42. The van der Waals surface area contributed by atoms with E-state index in [1.165, 1.54) is 31.0 Å². The SMILES string of the molecule is COC(=O)CSc1cc(F)ccc1I. The maximum atomic E-state index is 12.8. The van der Waals surface area contributed by atoms with Gasteiger partial charge in [0.15, 0.2) is 0 Å². The van der Waals surface area contributed by atoms with Crippen molar-refractivity contribution >= 4 is 40.3 Å². The van der Waals surface area contributed by atoms with Crippen LogP contribution in [0.15, 0.2) is 23.1 Å². The van der Waals surface area contributed by atoms with Crippen LogP contribution in [-0.2, 0) is 9.53 Å². The Balaban J connectivity index is 2.66. The molecule has 0 fully saturated rings. The fourth-order valence-electron chi connectivity index (χ4n) is 0.783. The van der Waals surface area contributed by atoms with Crippen LogP contribution < -0.4 is 0 Å². The molecule has 0 aliphatic rings. The van der Waals surface area contributed by atoms with Crippen molar-refractivity contribution in [3.63, 3.8) is 0 Å². The summed E-state index contributed by atoms with van der Waals surface area (Å²) in [6.45, 7) is 0. The zero-order chi connectivity index (χ0) is 10.6. The summed E-state index contributed by atoms with van der Waals surface area (Å²) in [5, 5.41) is 0. The maximum absolute atomic E-state index is 12.8. The van der Waals surface area contributed by atoms with Crippen LogP contribution in [0, 0.1) is 9.39 Å². The van der Waals surface area contributed by atoms with Crippen LogP contribution in [0.25, 0.3) is 0 Å². The normalized spacial score (nSPS) is 9.93. The lowest BCUT2D eigenvalue weighted by Gasteiger charge is -2.03. The van der Waals surface area contributed by atoms with Gasteiger partial charge in [0.2, 0.25) is 0 Å². The van der Waals surface area contributed by atoms with Crippen molar-refractivity contribution in [1.29, 1.82) is 0 Å². The largest absolute Gasteiger partial charge is 0.468 e. The second kappa shape index (κ2) is 5.55. The minimum absolute atomic E-state index is 0.204. The number of esters is 1. The number of ether oxygens (including phenoxy) is 1. The molecule has 0 unspecified atom stereocenters. The average molecular weight is 326 g/mol. The predicted molar refractivity (Wildman–Crippen MR) is 61.9 cm³/mol. The lowest BCUT2D eigenvalue weighted by molar-refractivity contribution is -0.137. The van der Waals surface area contributed by atoms with Crippen molar-refractivity contribution in [2.24, 2.45) is 0 Å². The Hall–Kier alpha value is -0.300. The fourth-order valence-corrected chi connectivity index (χ4v) is 2.38. The van der Waals surface area contributed by atoms with E-state index in [9.17, 15) is 9.18 Å². The molecular weight excluding hydrogens is 318 g/mol. The van der Waals surface area contributed by atoms with Gasteiger partial charge in [-0.2, -0.15) is 0 Å². The molecule has 0 aromatic heterocycles. The molecule has 1 aromatic rings. The molecule has 5 heteroatoms. The summed E-state index contributed by atoms with van der Waals surface area (Å²) in [7, 11) is 1.33. The van der Waals surface area contributed by atoms with Crippen molar-refractivity contribution < 1.29 is 13.9 Å². The van der Waals surface area contributed by atoms with Crippen molar-refractivity contribution in [2.45, 2.75) is 4.90 Å². The first-order valence-electron chi connectivity index (χ1n) is 3.78. The zero-order valence-corrected chi connectivity index (χ0v) is 10.4. The molecule has 2 nitrogen and oxygen atoms in total. The number of hydrogen-bond acceptors (Lipinski definition) is 3. The van der Waals surface area contributed by atoms with Gasteiger partial charge in [-0.3, -0.25) is 4.79 Å². The van der Waals surface area contributed by atoms with E-state index in [0.717, 1.165) is 8.47 Å². The van der Waals surface area contributed by atoms with E-state index in [1.54, 1.807) is 6.07 Å². The first-order valence-corrected chi connectivity index (χ1v) is 5.84. The van der Waals surface area contributed by atoms with E-state index in [4.69, 9.17) is 0 Å². The van der Waals surface area contributed by atoms with Crippen LogP contribution in [-0.4, -0.2) is 18.8 Å². The summed E-state index contributed by atoms with van der Waals surface area (Å²) >= 11 is 3.37. The predicted octanol–water partition coefficient (Wildman–Crippen LogP) is 2.70. The van der Waals surface area contributed by atoms with E-state index in [0.29, 0.717) is 0 Å². The molecule has 0 amide bonds. The second-order valence-corrected chi connectivity index (χ2v) is 4.62. The van der Waals surface area contributed by atoms with E-state index >= 15 is 0 Å². The number of benzene rings is 1. The standard InChI is InChI=1S/C9H8FIO2S/c1-13-9(12)5-14-8-4-6(10)2-3-7(8)11/h2-4H,5H2,1H3. The summed E-state index contributed by atoms with van der Waals surface area (Å²) in [6.07, 6.45) is 0. The van der Waals surface area contributed by atoms with Crippen molar-refractivity contribution in [2.75, 3.05) is 12.9 Å². The number of methoxy groups -OCH3 is 1. The number of rotatable bonds is 3. The molecule has 1 rings (SSSR count). The van der Waals surface area contributed by atoms with Gasteiger partial charge >= 0.3 is 5.97 Å². The highest BCUT2D eigenvalue weighted by molar-refractivity contribution is 14.1. The summed E-state index contributed by atoms with van der Waals surface area (Å²) in [6, 6.07) is 4.48. The average Bonchev–Trinajstić information content (AvgIpc) is 2.19. The Kier molecular flexibility index (Phi) is 4.67. The van der Waals surface area contributed by atoms with Gasteiger partial charge in [0.1, 0.15) is 5.82 Å². The smallest absolute Gasteiger partial charge is 0.315 e. The highest BCUT2D eigenvalue weighted by atomic mass is 127. The molecule has 76 valence electrons. The molecule has 0 bridgehead atoms. The quantitative estimate of drug-likeness (QED) is 0.485. The topological polar surface area (TPSA) is 26.3 Å². The molecule has 0 heterocycles. The first kappa shape index (κ1) is 11.8. The van der Waals surface area contributed by atoms with Gasteiger partial charge in [0.25, 0.3) is 0 Å². The Morgan fingerprint density at radius 1 is 1.64 bits per heavy atom.